The lowest BCUT2D eigenvalue weighted by Gasteiger charge is -2.26. The van der Waals surface area contributed by atoms with E-state index in [0.717, 1.165) is 5.69 Å². The van der Waals surface area contributed by atoms with Gasteiger partial charge in [0, 0.05) is 6.20 Å². The van der Waals surface area contributed by atoms with Crippen molar-refractivity contribution in [2.75, 3.05) is 11.9 Å². The van der Waals surface area contributed by atoms with Gasteiger partial charge in [0.25, 0.3) is 0 Å². The lowest BCUT2D eigenvalue weighted by molar-refractivity contribution is -0.118. The van der Waals surface area contributed by atoms with Crippen LogP contribution < -0.4 is 11.1 Å². The topological polar surface area (TPSA) is 82.2 Å². The van der Waals surface area contributed by atoms with E-state index in [1.807, 2.05) is 12.1 Å². The van der Waals surface area contributed by atoms with Gasteiger partial charge in [0.2, 0.25) is 5.91 Å². The largest absolute Gasteiger partial charge is 0.374 e. The summed E-state index contributed by atoms with van der Waals surface area (Å²) in [5.74, 6) is -0.411. The van der Waals surface area contributed by atoms with Crippen LogP contribution in [0.2, 0.25) is 0 Å². The van der Waals surface area contributed by atoms with Crippen LogP contribution in [0.4, 0.5) is 5.69 Å². The number of amides is 1. The fourth-order valence-electron chi connectivity index (χ4n) is 2.39. The number of hydrogen-bond donors (Lipinski definition) is 2. The second kappa shape index (κ2) is 5.34. The molecule has 0 saturated carbocycles. The highest BCUT2D eigenvalue weighted by Gasteiger charge is 2.20. The van der Waals surface area contributed by atoms with Gasteiger partial charge in [-0.1, -0.05) is 24.3 Å². The molecule has 2 heterocycles. The van der Waals surface area contributed by atoms with Crippen LogP contribution in [-0.2, 0) is 22.7 Å². The summed E-state index contributed by atoms with van der Waals surface area (Å²) >= 11 is 0. The first-order valence-corrected chi connectivity index (χ1v) is 6.45. The third-order valence-electron chi connectivity index (χ3n) is 3.26. The Balaban J connectivity index is 1.75. The minimum Gasteiger partial charge on any atom is -0.374 e. The van der Waals surface area contributed by atoms with E-state index in [2.05, 4.69) is 22.5 Å². The van der Waals surface area contributed by atoms with Crippen molar-refractivity contribution >= 4 is 11.6 Å². The second-order valence-corrected chi connectivity index (χ2v) is 4.80. The molecule has 1 atom stereocenters. The molecular formula is C14H16N4O2. The number of primary amides is 1. The fourth-order valence-corrected chi connectivity index (χ4v) is 2.39. The molecule has 1 unspecified atom stereocenters. The minimum atomic E-state index is -0.411. The number of carbonyl (C=O) groups is 1. The van der Waals surface area contributed by atoms with Crippen molar-refractivity contribution in [3.05, 3.63) is 47.8 Å². The summed E-state index contributed by atoms with van der Waals surface area (Å²) in [5.41, 5.74) is 8.42. The molecule has 1 aromatic heterocycles. The van der Waals surface area contributed by atoms with Crippen LogP contribution in [-0.4, -0.2) is 22.3 Å². The minimum absolute atomic E-state index is 0.0828. The predicted octanol–water partition coefficient (Wildman–Crippen LogP) is 1.05. The molecule has 20 heavy (non-hydrogen) atoms. The molecule has 0 saturated heterocycles. The van der Waals surface area contributed by atoms with E-state index >= 15 is 0 Å². The molecular weight excluding hydrogens is 256 g/mol. The summed E-state index contributed by atoms with van der Waals surface area (Å²) in [5, 5.41) is 7.46. The van der Waals surface area contributed by atoms with Crippen LogP contribution in [0.15, 0.2) is 36.7 Å². The standard InChI is InChI=1S/C14H16N4O2/c15-14(19)7-18-6-11(5-16-18)17-13-9-20-8-10-3-1-2-4-12(10)13/h1-6,13,17H,7-9H2,(H2,15,19). The normalized spacial score (nSPS) is 17.5. The number of fused-ring (bicyclic) bond motifs is 1. The number of nitrogens with zero attached hydrogens (tertiary/aromatic N) is 2. The molecule has 1 aromatic carbocycles. The maximum absolute atomic E-state index is 10.9. The maximum atomic E-state index is 10.9. The van der Waals surface area contributed by atoms with Crippen molar-refractivity contribution in [1.82, 2.24) is 9.78 Å². The molecule has 0 spiro atoms. The highest BCUT2D eigenvalue weighted by atomic mass is 16.5. The van der Waals surface area contributed by atoms with Crippen LogP contribution in [0.1, 0.15) is 17.2 Å². The number of rotatable bonds is 4. The highest BCUT2D eigenvalue weighted by molar-refractivity contribution is 5.73. The van der Waals surface area contributed by atoms with Gasteiger partial charge in [0.05, 0.1) is 31.1 Å². The number of nitrogens with two attached hydrogens (primary N) is 1. The maximum Gasteiger partial charge on any atom is 0.239 e. The van der Waals surface area contributed by atoms with E-state index < -0.39 is 5.91 Å². The third-order valence-corrected chi connectivity index (χ3v) is 3.26. The summed E-state index contributed by atoms with van der Waals surface area (Å²) in [6.07, 6.45) is 3.45. The van der Waals surface area contributed by atoms with Crippen LogP contribution in [0.25, 0.3) is 0 Å². The van der Waals surface area contributed by atoms with Gasteiger partial charge in [-0.25, -0.2) is 0 Å². The van der Waals surface area contributed by atoms with Gasteiger partial charge < -0.3 is 15.8 Å². The van der Waals surface area contributed by atoms with E-state index in [1.165, 1.54) is 15.8 Å². The lowest BCUT2D eigenvalue weighted by Crippen LogP contribution is -2.23. The van der Waals surface area contributed by atoms with Crippen molar-refractivity contribution in [3.63, 3.8) is 0 Å². The molecule has 1 amide bonds. The molecule has 2 aromatic rings. The quantitative estimate of drug-likeness (QED) is 0.871. The Morgan fingerprint density at radius 2 is 2.35 bits per heavy atom. The Morgan fingerprint density at radius 1 is 1.50 bits per heavy atom. The van der Waals surface area contributed by atoms with Crippen molar-refractivity contribution in [1.29, 1.82) is 0 Å². The molecule has 6 heteroatoms. The Bertz CT molecular complexity index is 623. The van der Waals surface area contributed by atoms with Gasteiger partial charge >= 0.3 is 0 Å². The summed E-state index contributed by atoms with van der Waals surface area (Å²) in [7, 11) is 0. The van der Waals surface area contributed by atoms with Crippen molar-refractivity contribution in [2.24, 2.45) is 5.73 Å². The molecule has 0 fully saturated rings. The Kier molecular flexibility index (Phi) is 3.39. The van der Waals surface area contributed by atoms with Gasteiger partial charge in [-0.3, -0.25) is 9.48 Å². The van der Waals surface area contributed by atoms with Crippen LogP contribution in [0.3, 0.4) is 0 Å². The lowest BCUT2D eigenvalue weighted by atomic mass is 9.99. The third kappa shape index (κ3) is 2.65. The number of ether oxygens (including phenoxy) is 1. The van der Waals surface area contributed by atoms with Crippen molar-refractivity contribution in [2.45, 2.75) is 19.2 Å². The predicted molar refractivity (Wildman–Crippen MR) is 73.9 cm³/mol. The molecule has 1 aliphatic rings. The average Bonchev–Trinajstić information content (AvgIpc) is 2.86. The van der Waals surface area contributed by atoms with Gasteiger partial charge in [-0.05, 0) is 11.1 Å². The zero-order valence-electron chi connectivity index (χ0n) is 11.0. The van der Waals surface area contributed by atoms with Crippen LogP contribution >= 0.6 is 0 Å². The first kappa shape index (κ1) is 12.7. The molecule has 1 aliphatic heterocycles. The molecule has 3 rings (SSSR count). The van der Waals surface area contributed by atoms with E-state index in [1.54, 1.807) is 12.4 Å². The summed E-state index contributed by atoms with van der Waals surface area (Å²) < 4.78 is 7.10. The monoisotopic (exact) mass is 272 g/mol. The van der Waals surface area contributed by atoms with Crippen LogP contribution in [0, 0.1) is 0 Å². The van der Waals surface area contributed by atoms with E-state index in [-0.39, 0.29) is 12.6 Å². The molecule has 0 aliphatic carbocycles. The average molecular weight is 272 g/mol. The van der Waals surface area contributed by atoms with Gasteiger partial charge in [0.1, 0.15) is 6.54 Å². The van der Waals surface area contributed by atoms with Crippen molar-refractivity contribution in [3.8, 4) is 0 Å². The Morgan fingerprint density at radius 3 is 3.20 bits per heavy atom. The van der Waals surface area contributed by atoms with E-state index in [0.29, 0.717) is 13.2 Å². The molecule has 104 valence electrons. The number of hydrogen-bond acceptors (Lipinski definition) is 4. The van der Waals surface area contributed by atoms with E-state index in [9.17, 15) is 4.79 Å². The fraction of sp³-hybridized carbons (Fsp3) is 0.286. The summed E-state index contributed by atoms with van der Waals surface area (Å²) in [6.45, 7) is 1.34. The van der Waals surface area contributed by atoms with Crippen LogP contribution in [0.5, 0.6) is 0 Å². The highest BCUT2D eigenvalue weighted by Crippen LogP contribution is 2.27. The smallest absolute Gasteiger partial charge is 0.239 e. The van der Waals surface area contributed by atoms with Gasteiger partial charge in [-0.15, -0.1) is 0 Å². The Labute approximate surface area is 116 Å². The zero-order chi connectivity index (χ0) is 13.9. The zero-order valence-corrected chi connectivity index (χ0v) is 11.0. The second-order valence-electron chi connectivity index (χ2n) is 4.80. The molecule has 3 N–H and O–H groups in total. The van der Waals surface area contributed by atoms with Crippen molar-refractivity contribution < 1.29 is 9.53 Å². The van der Waals surface area contributed by atoms with Gasteiger partial charge in [0.15, 0.2) is 0 Å². The molecule has 6 nitrogen and oxygen atoms in total. The summed E-state index contributed by atoms with van der Waals surface area (Å²) in [6, 6.07) is 8.29. The SMILES string of the molecule is NC(=O)Cn1cc(NC2COCc3ccccc32)cn1. The Hall–Kier alpha value is -2.34. The number of nitrogens with one attached hydrogen (secondary N) is 1. The molecule has 0 radical (unpaired) electrons. The number of anilines is 1. The number of carbonyl (C=O) groups excluding carboxylic acids is 1. The van der Waals surface area contributed by atoms with E-state index in [4.69, 9.17) is 10.5 Å². The first-order valence-electron chi connectivity index (χ1n) is 6.45. The number of aromatic nitrogens is 2. The van der Waals surface area contributed by atoms with Gasteiger partial charge in [-0.2, -0.15) is 5.10 Å². The molecule has 0 bridgehead atoms. The number of benzene rings is 1. The summed E-state index contributed by atoms with van der Waals surface area (Å²) in [4.78, 5) is 10.9. The first-order chi connectivity index (χ1) is 9.72.